The minimum absolute atomic E-state index is 0.126. The van der Waals surface area contributed by atoms with E-state index in [1.54, 1.807) is 6.07 Å². The van der Waals surface area contributed by atoms with Gasteiger partial charge in [-0.2, -0.15) is 0 Å². The predicted octanol–water partition coefficient (Wildman–Crippen LogP) is 2.68. The summed E-state index contributed by atoms with van der Waals surface area (Å²) in [6.45, 7) is 6.62. The maximum Gasteiger partial charge on any atom is 0.310 e. The Hall–Kier alpha value is -1.31. The van der Waals surface area contributed by atoms with Gasteiger partial charge in [0.2, 0.25) is 0 Å². The number of likely N-dealkylation sites (tertiary alicyclic amines) is 1. The molecule has 140 valence electrons. The highest BCUT2D eigenvalue weighted by molar-refractivity contribution is 7.16. The van der Waals surface area contributed by atoms with E-state index in [0.717, 1.165) is 36.8 Å². The molecule has 25 heavy (non-hydrogen) atoms. The Morgan fingerprint density at radius 2 is 2.36 bits per heavy atom. The number of rotatable bonds is 6. The van der Waals surface area contributed by atoms with Crippen molar-refractivity contribution in [3.05, 3.63) is 21.3 Å². The van der Waals surface area contributed by atoms with Gasteiger partial charge in [-0.25, -0.2) is 0 Å². The first kappa shape index (κ1) is 20.0. The Morgan fingerprint density at radius 1 is 1.56 bits per heavy atom. The van der Waals surface area contributed by atoms with Crippen LogP contribution in [0.3, 0.4) is 0 Å². The highest BCUT2D eigenvalue weighted by Crippen LogP contribution is 2.27. The van der Waals surface area contributed by atoms with E-state index in [2.05, 4.69) is 15.2 Å². The van der Waals surface area contributed by atoms with Crippen LogP contribution < -0.4 is 5.32 Å². The normalized spacial score (nSPS) is 19.6. The van der Waals surface area contributed by atoms with Gasteiger partial charge in [0.15, 0.2) is 5.96 Å². The lowest BCUT2D eigenvalue weighted by atomic mass is 9.98. The zero-order valence-electron chi connectivity index (χ0n) is 14.7. The molecular formula is C17H26ClN3O3S. The number of nitrogens with one attached hydrogen (secondary N) is 1. The highest BCUT2D eigenvalue weighted by atomic mass is 35.5. The Kier molecular flexibility index (Phi) is 7.99. The fraction of sp³-hybridized carbons (Fsp3) is 0.647. The van der Waals surface area contributed by atoms with Crippen LogP contribution in [0.5, 0.6) is 0 Å². The molecule has 0 saturated carbocycles. The number of hydrogen-bond donors (Lipinski definition) is 2. The van der Waals surface area contributed by atoms with E-state index >= 15 is 0 Å². The number of aliphatic imine (C=N–C) groups is 1. The monoisotopic (exact) mass is 387 g/mol. The molecule has 2 heterocycles. The van der Waals surface area contributed by atoms with Crippen LogP contribution in [-0.2, 0) is 9.53 Å². The van der Waals surface area contributed by atoms with Crippen molar-refractivity contribution in [1.29, 1.82) is 0 Å². The molecule has 0 aliphatic carbocycles. The second-order valence-corrected chi connectivity index (χ2v) is 7.64. The zero-order chi connectivity index (χ0) is 18.2. The molecule has 2 rings (SSSR count). The quantitative estimate of drug-likeness (QED) is 0.446. The van der Waals surface area contributed by atoms with Crippen LogP contribution in [0.1, 0.15) is 37.7 Å². The van der Waals surface area contributed by atoms with Gasteiger partial charge in [0, 0.05) is 24.5 Å². The predicted molar refractivity (Wildman–Crippen MR) is 101 cm³/mol. The molecule has 0 radical (unpaired) electrons. The number of aliphatic hydroxyl groups excluding tert-OH is 1. The molecule has 1 aromatic rings. The minimum Gasteiger partial charge on any atom is -0.466 e. The lowest BCUT2D eigenvalue weighted by molar-refractivity contribution is -0.149. The van der Waals surface area contributed by atoms with Crippen LogP contribution in [0.15, 0.2) is 17.1 Å². The summed E-state index contributed by atoms with van der Waals surface area (Å²) >= 11 is 7.27. The third-order valence-electron chi connectivity index (χ3n) is 4.01. The number of nitrogens with zero attached hydrogens (tertiary/aromatic N) is 2. The van der Waals surface area contributed by atoms with E-state index in [4.69, 9.17) is 16.3 Å². The number of ether oxygens (including phenoxy) is 1. The van der Waals surface area contributed by atoms with Crippen molar-refractivity contribution < 1.29 is 14.6 Å². The van der Waals surface area contributed by atoms with Gasteiger partial charge in [-0.05, 0) is 38.8 Å². The SMILES string of the molecule is CCNC(=NCC(O)c1ccc(Cl)s1)N1CCCC(C(=O)OCC)C1. The van der Waals surface area contributed by atoms with Gasteiger partial charge in [-0.15, -0.1) is 11.3 Å². The van der Waals surface area contributed by atoms with Gasteiger partial charge in [-0.3, -0.25) is 9.79 Å². The number of aliphatic hydroxyl groups is 1. The largest absolute Gasteiger partial charge is 0.466 e. The molecule has 0 bridgehead atoms. The summed E-state index contributed by atoms with van der Waals surface area (Å²) in [5, 5.41) is 13.5. The molecule has 0 spiro atoms. The first-order valence-electron chi connectivity index (χ1n) is 8.68. The van der Waals surface area contributed by atoms with E-state index in [1.165, 1.54) is 11.3 Å². The van der Waals surface area contributed by atoms with Gasteiger partial charge in [0.1, 0.15) is 6.10 Å². The standard InChI is InChI=1S/C17H26ClN3O3S/c1-3-19-17(20-10-13(22)14-7-8-15(18)25-14)21-9-5-6-12(11-21)16(23)24-4-2/h7-8,12-13,22H,3-6,9-11H2,1-2H3,(H,19,20). The molecular weight excluding hydrogens is 362 g/mol. The number of guanidine groups is 1. The molecule has 0 amide bonds. The van der Waals surface area contributed by atoms with Crippen molar-refractivity contribution in [3.8, 4) is 0 Å². The number of carbonyl (C=O) groups excluding carboxylic acids is 1. The second kappa shape index (κ2) is 9.99. The average Bonchev–Trinajstić information content (AvgIpc) is 3.05. The first-order valence-corrected chi connectivity index (χ1v) is 9.87. The van der Waals surface area contributed by atoms with Crippen LogP contribution in [0.25, 0.3) is 0 Å². The molecule has 1 aliphatic rings. The maximum atomic E-state index is 12.0. The van der Waals surface area contributed by atoms with Crippen molar-refractivity contribution in [2.24, 2.45) is 10.9 Å². The van der Waals surface area contributed by atoms with Gasteiger partial charge in [0.25, 0.3) is 0 Å². The lowest BCUT2D eigenvalue weighted by Gasteiger charge is -2.34. The number of thiophene rings is 1. The topological polar surface area (TPSA) is 74.2 Å². The Bertz CT molecular complexity index is 593. The summed E-state index contributed by atoms with van der Waals surface area (Å²) in [5.74, 6) is 0.452. The number of halogens is 1. The van der Waals surface area contributed by atoms with Crippen molar-refractivity contribution in [2.75, 3.05) is 32.8 Å². The van der Waals surface area contributed by atoms with Gasteiger partial charge >= 0.3 is 5.97 Å². The fourth-order valence-corrected chi connectivity index (χ4v) is 3.86. The van der Waals surface area contributed by atoms with Gasteiger partial charge in [-0.1, -0.05) is 11.6 Å². The second-order valence-electron chi connectivity index (χ2n) is 5.89. The van der Waals surface area contributed by atoms with Crippen molar-refractivity contribution in [3.63, 3.8) is 0 Å². The number of esters is 1. The number of piperidine rings is 1. The Balaban J connectivity index is 2.01. The van der Waals surface area contributed by atoms with Crippen LogP contribution in [0.4, 0.5) is 0 Å². The van der Waals surface area contributed by atoms with E-state index in [1.807, 2.05) is 19.9 Å². The highest BCUT2D eigenvalue weighted by Gasteiger charge is 2.28. The third kappa shape index (κ3) is 5.87. The number of hydrogen-bond acceptors (Lipinski definition) is 5. The molecule has 1 saturated heterocycles. The van der Waals surface area contributed by atoms with Gasteiger partial charge < -0.3 is 20.1 Å². The van der Waals surface area contributed by atoms with E-state index in [9.17, 15) is 9.90 Å². The molecule has 1 aliphatic heterocycles. The van der Waals surface area contributed by atoms with Crippen LogP contribution in [0.2, 0.25) is 4.34 Å². The molecule has 0 aromatic carbocycles. The van der Waals surface area contributed by atoms with E-state index < -0.39 is 6.10 Å². The molecule has 1 fully saturated rings. The smallest absolute Gasteiger partial charge is 0.310 e. The molecule has 2 unspecified atom stereocenters. The summed E-state index contributed by atoms with van der Waals surface area (Å²) in [5.41, 5.74) is 0. The summed E-state index contributed by atoms with van der Waals surface area (Å²) in [7, 11) is 0. The molecule has 2 N–H and O–H groups in total. The van der Waals surface area contributed by atoms with Crippen molar-refractivity contribution >= 4 is 34.9 Å². The zero-order valence-corrected chi connectivity index (χ0v) is 16.3. The van der Waals surface area contributed by atoms with E-state index in [0.29, 0.717) is 17.5 Å². The van der Waals surface area contributed by atoms with Crippen LogP contribution in [0, 0.1) is 5.92 Å². The van der Waals surface area contributed by atoms with Crippen LogP contribution in [-0.4, -0.2) is 54.7 Å². The summed E-state index contributed by atoms with van der Waals surface area (Å²) in [4.78, 5) is 19.4. The van der Waals surface area contributed by atoms with Crippen LogP contribution >= 0.6 is 22.9 Å². The van der Waals surface area contributed by atoms with Crippen molar-refractivity contribution in [1.82, 2.24) is 10.2 Å². The third-order valence-corrected chi connectivity index (χ3v) is 5.34. The molecule has 8 heteroatoms. The van der Waals surface area contributed by atoms with E-state index in [-0.39, 0.29) is 18.4 Å². The van der Waals surface area contributed by atoms with Crippen molar-refractivity contribution in [2.45, 2.75) is 32.8 Å². The summed E-state index contributed by atoms with van der Waals surface area (Å²) < 4.78 is 5.80. The molecule has 2 atom stereocenters. The first-order chi connectivity index (χ1) is 12.0. The minimum atomic E-state index is -0.684. The average molecular weight is 388 g/mol. The Morgan fingerprint density at radius 3 is 3.00 bits per heavy atom. The molecule has 6 nitrogen and oxygen atoms in total. The van der Waals surface area contributed by atoms with Gasteiger partial charge in [0.05, 0.1) is 23.4 Å². The summed E-state index contributed by atoms with van der Waals surface area (Å²) in [6, 6.07) is 3.59. The number of carbonyl (C=O) groups is 1. The Labute approximate surface area is 157 Å². The fourth-order valence-electron chi connectivity index (χ4n) is 2.82. The lowest BCUT2D eigenvalue weighted by Crippen LogP contribution is -2.48. The molecule has 1 aromatic heterocycles. The maximum absolute atomic E-state index is 12.0. The summed E-state index contributed by atoms with van der Waals surface area (Å²) in [6.07, 6.45) is 1.07.